The molecule has 3 rings (SSSR count). The minimum absolute atomic E-state index is 0.0633. The number of halogens is 1. The summed E-state index contributed by atoms with van der Waals surface area (Å²) in [5, 5.41) is 12.9. The molecule has 0 aliphatic rings. The van der Waals surface area contributed by atoms with Gasteiger partial charge in [0.15, 0.2) is 0 Å². The number of hydrogen-bond acceptors (Lipinski definition) is 4. The van der Waals surface area contributed by atoms with Gasteiger partial charge in [-0.15, -0.1) is 0 Å². The maximum atomic E-state index is 12.3. The Morgan fingerprint density at radius 2 is 2.04 bits per heavy atom. The molecule has 25 heavy (non-hydrogen) atoms. The summed E-state index contributed by atoms with van der Waals surface area (Å²) < 4.78 is 25.2. The number of carbonyl (C=O) groups excluding carboxylic acids is 1. The highest BCUT2D eigenvalue weighted by atomic mass is 35.5. The van der Waals surface area contributed by atoms with E-state index in [1.54, 1.807) is 37.4 Å². The third kappa shape index (κ3) is 3.65. The van der Waals surface area contributed by atoms with Gasteiger partial charge >= 0.3 is 0 Å². The zero-order valence-electron chi connectivity index (χ0n) is 13.2. The molecule has 7 nitrogen and oxygen atoms in total. The Kier molecular flexibility index (Phi) is 4.51. The second kappa shape index (κ2) is 6.47. The average molecular weight is 379 g/mol. The van der Waals surface area contributed by atoms with Crippen LogP contribution in [0.1, 0.15) is 5.56 Å². The number of carbonyl (C=O) groups is 1. The van der Waals surface area contributed by atoms with Gasteiger partial charge in [-0.25, -0.2) is 13.6 Å². The zero-order chi connectivity index (χ0) is 18.2. The molecule has 0 unspecified atom stereocenters. The fourth-order valence-corrected chi connectivity index (χ4v) is 3.50. The van der Waals surface area contributed by atoms with Crippen molar-refractivity contribution < 1.29 is 13.2 Å². The molecule has 1 aromatic heterocycles. The highest BCUT2D eigenvalue weighted by Gasteiger charge is 2.18. The van der Waals surface area contributed by atoms with Crippen molar-refractivity contribution in [2.75, 3.05) is 5.32 Å². The molecule has 0 saturated carbocycles. The number of nitrogens with zero attached hydrogens (tertiary/aromatic N) is 2. The van der Waals surface area contributed by atoms with Crippen molar-refractivity contribution in [2.24, 2.45) is 12.2 Å². The number of aromatic nitrogens is 2. The lowest BCUT2D eigenvalue weighted by atomic mass is 10.1. The van der Waals surface area contributed by atoms with Crippen LogP contribution in [0, 0.1) is 0 Å². The van der Waals surface area contributed by atoms with Crippen LogP contribution >= 0.6 is 11.6 Å². The van der Waals surface area contributed by atoms with E-state index in [0.29, 0.717) is 27.2 Å². The summed E-state index contributed by atoms with van der Waals surface area (Å²) in [6, 6.07) is 9.98. The number of rotatable bonds is 4. The number of primary sulfonamides is 1. The average Bonchev–Trinajstić information content (AvgIpc) is 2.89. The number of sulfonamides is 1. The molecule has 3 N–H and O–H groups in total. The predicted octanol–water partition coefficient (Wildman–Crippen LogP) is 2.06. The van der Waals surface area contributed by atoms with Crippen LogP contribution in [0.2, 0.25) is 5.02 Å². The van der Waals surface area contributed by atoms with E-state index >= 15 is 0 Å². The summed E-state index contributed by atoms with van der Waals surface area (Å²) in [5.74, 6) is -0.324. The Hall–Kier alpha value is -2.42. The molecule has 1 amide bonds. The number of benzene rings is 2. The fourth-order valence-electron chi connectivity index (χ4n) is 2.54. The Labute approximate surface area is 149 Å². The Morgan fingerprint density at radius 1 is 1.32 bits per heavy atom. The summed E-state index contributed by atoms with van der Waals surface area (Å²) in [6.45, 7) is 0. The number of fused-ring (bicyclic) bond motifs is 1. The molecule has 0 atom stereocenters. The van der Waals surface area contributed by atoms with Crippen molar-refractivity contribution in [2.45, 2.75) is 11.3 Å². The molecular formula is C16H15ClN4O3S. The topological polar surface area (TPSA) is 107 Å². The SMILES string of the molecule is Cn1ncc2c(S(N)(=O)=O)cc(NC(=O)Cc3ccccc3Cl)cc21. The van der Waals surface area contributed by atoms with Crippen LogP contribution in [0.15, 0.2) is 47.5 Å². The molecule has 0 spiro atoms. The zero-order valence-corrected chi connectivity index (χ0v) is 14.8. The van der Waals surface area contributed by atoms with Crippen molar-refractivity contribution in [3.8, 4) is 0 Å². The Morgan fingerprint density at radius 3 is 2.72 bits per heavy atom. The summed E-state index contributed by atoms with van der Waals surface area (Å²) >= 11 is 6.05. The van der Waals surface area contributed by atoms with Crippen molar-refractivity contribution in [1.29, 1.82) is 0 Å². The van der Waals surface area contributed by atoms with Crippen molar-refractivity contribution in [3.63, 3.8) is 0 Å². The summed E-state index contributed by atoms with van der Waals surface area (Å²) in [7, 11) is -2.29. The molecule has 2 aromatic carbocycles. The van der Waals surface area contributed by atoms with Crippen LogP contribution in [0.5, 0.6) is 0 Å². The number of aryl methyl sites for hydroxylation is 1. The summed E-state index contributed by atoms with van der Waals surface area (Å²) in [4.78, 5) is 12.2. The van der Waals surface area contributed by atoms with E-state index in [0.717, 1.165) is 0 Å². The van der Waals surface area contributed by atoms with Crippen LogP contribution in [-0.2, 0) is 28.3 Å². The minimum atomic E-state index is -3.97. The van der Waals surface area contributed by atoms with E-state index < -0.39 is 10.0 Å². The van der Waals surface area contributed by atoms with Gasteiger partial charge in [0.1, 0.15) is 0 Å². The maximum absolute atomic E-state index is 12.3. The van der Waals surface area contributed by atoms with Crippen molar-refractivity contribution >= 4 is 44.1 Å². The number of anilines is 1. The summed E-state index contributed by atoms with van der Waals surface area (Å²) in [6.07, 6.45) is 1.48. The largest absolute Gasteiger partial charge is 0.326 e. The first-order chi connectivity index (χ1) is 11.8. The van der Waals surface area contributed by atoms with E-state index in [2.05, 4.69) is 10.4 Å². The highest BCUT2D eigenvalue weighted by molar-refractivity contribution is 7.89. The van der Waals surface area contributed by atoms with Gasteiger partial charge in [0, 0.05) is 23.1 Å². The normalized spacial score (nSPS) is 11.6. The highest BCUT2D eigenvalue weighted by Crippen LogP contribution is 2.26. The van der Waals surface area contributed by atoms with Gasteiger partial charge in [-0.3, -0.25) is 9.48 Å². The molecular weight excluding hydrogens is 364 g/mol. The van der Waals surface area contributed by atoms with Crippen LogP contribution < -0.4 is 10.5 Å². The second-order valence-electron chi connectivity index (χ2n) is 5.54. The lowest BCUT2D eigenvalue weighted by Gasteiger charge is -2.09. The monoisotopic (exact) mass is 378 g/mol. The lowest BCUT2D eigenvalue weighted by molar-refractivity contribution is -0.115. The van der Waals surface area contributed by atoms with Crippen molar-refractivity contribution in [3.05, 3.63) is 53.2 Å². The van der Waals surface area contributed by atoms with E-state index in [1.165, 1.54) is 16.9 Å². The molecule has 130 valence electrons. The smallest absolute Gasteiger partial charge is 0.238 e. The molecule has 0 radical (unpaired) electrons. The molecule has 0 bridgehead atoms. The molecule has 3 aromatic rings. The molecule has 0 aliphatic heterocycles. The van der Waals surface area contributed by atoms with Gasteiger partial charge in [0.05, 0.1) is 23.0 Å². The van der Waals surface area contributed by atoms with E-state index in [4.69, 9.17) is 16.7 Å². The van der Waals surface area contributed by atoms with Gasteiger partial charge in [-0.05, 0) is 23.8 Å². The summed E-state index contributed by atoms with van der Waals surface area (Å²) in [5.41, 5.74) is 1.53. The quantitative estimate of drug-likeness (QED) is 0.724. The minimum Gasteiger partial charge on any atom is -0.326 e. The number of hydrogen-bond donors (Lipinski definition) is 2. The van der Waals surface area contributed by atoms with Crippen LogP contribution in [-0.4, -0.2) is 24.1 Å². The number of amides is 1. The van der Waals surface area contributed by atoms with Crippen LogP contribution in [0.3, 0.4) is 0 Å². The van der Waals surface area contributed by atoms with Gasteiger partial charge in [-0.1, -0.05) is 29.8 Å². The number of nitrogens with one attached hydrogen (secondary N) is 1. The first kappa shape index (κ1) is 17.4. The van der Waals surface area contributed by atoms with Crippen molar-refractivity contribution in [1.82, 2.24) is 9.78 Å². The Balaban J connectivity index is 1.95. The first-order valence-electron chi connectivity index (χ1n) is 7.27. The fraction of sp³-hybridized carbons (Fsp3) is 0.125. The van der Waals surface area contributed by atoms with E-state index in [-0.39, 0.29) is 17.2 Å². The maximum Gasteiger partial charge on any atom is 0.238 e. The lowest BCUT2D eigenvalue weighted by Crippen LogP contribution is -2.17. The van der Waals surface area contributed by atoms with Gasteiger partial charge in [0.25, 0.3) is 0 Å². The van der Waals surface area contributed by atoms with E-state index in [9.17, 15) is 13.2 Å². The van der Waals surface area contributed by atoms with E-state index in [1.807, 2.05) is 0 Å². The van der Waals surface area contributed by atoms with Crippen LogP contribution in [0.4, 0.5) is 5.69 Å². The molecule has 0 aliphatic carbocycles. The Bertz CT molecular complexity index is 1080. The standard InChI is InChI=1S/C16H15ClN4O3S/c1-21-14-7-11(8-15(25(18,23)24)12(14)9-19-21)20-16(22)6-10-4-2-3-5-13(10)17/h2-5,7-9H,6H2,1H3,(H,20,22)(H2,18,23,24). The third-order valence-corrected chi connectivity index (χ3v) is 5.05. The van der Waals surface area contributed by atoms with Gasteiger partial charge in [0.2, 0.25) is 15.9 Å². The third-order valence-electron chi connectivity index (χ3n) is 3.73. The van der Waals surface area contributed by atoms with Gasteiger partial charge in [-0.2, -0.15) is 5.10 Å². The molecule has 0 fully saturated rings. The number of nitrogens with two attached hydrogens (primary N) is 1. The molecule has 1 heterocycles. The molecule has 0 saturated heterocycles. The predicted molar refractivity (Wildman–Crippen MR) is 95.9 cm³/mol. The molecule has 9 heteroatoms. The first-order valence-corrected chi connectivity index (χ1v) is 9.20. The van der Waals surface area contributed by atoms with Gasteiger partial charge < -0.3 is 5.32 Å². The van der Waals surface area contributed by atoms with Crippen LogP contribution in [0.25, 0.3) is 10.9 Å². The second-order valence-corrected chi connectivity index (χ2v) is 7.47.